The number of aromatic amines is 1. The van der Waals surface area contributed by atoms with E-state index in [1.54, 1.807) is 11.8 Å². The summed E-state index contributed by atoms with van der Waals surface area (Å²) in [6.45, 7) is 1.94. The molecule has 1 aliphatic rings. The van der Waals surface area contributed by atoms with Crippen molar-refractivity contribution >= 4 is 22.7 Å². The molecule has 0 unspecified atom stereocenters. The van der Waals surface area contributed by atoms with Gasteiger partial charge in [-0.25, -0.2) is 0 Å². The van der Waals surface area contributed by atoms with Crippen molar-refractivity contribution in [3.63, 3.8) is 0 Å². The molecule has 1 aliphatic carbocycles. The van der Waals surface area contributed by atoms with E-state index in [2.05, 4.69) is 38.0 Å². The van der Waals surface area contributed by atoms with E-state index < -0.39 is 0 Å². The molecule has 116 valence electrons. The number of fused-ring (bicyclic) bond motifs is 1. The normalized spacial score (nSPS) is 15.7. The molecular formula is C17H17N5S. The van der Waals surface area contributed by atoms with Crippen molar-refractivity contribution in [2.75, 3.05) is 5.75 Å². The summed E-state index contributed by atoms with van der Waals surface area (Å²) in [7, 11) is 0. The lowest BCUT2D eigenvalue weighted by atomic mass is 10.1. The van der Waals surface area contributed by atoms with Crippen LogP contribution in [-0.2, 0) is 0 Å². The van der Waals surface area contributed by atoms with Gasteiger partial charge in [0.05, 0.1) is 12.0 Å². The lowest BCUT2D eigenvalue weighted by molar-refractivity contribution is 0.668. The number of para-hydroxylation sites is 1. The zero-order chi connectivity index (χ0) is 15.8. The lowest BCUT2D eigenvalue weighted by Crippen LogP contribution is -2.01. The molecule has 2 heterocycles. The number of nitrogens with one attached hydrogen (secondary N) is 1. The molecule has 1 aromatic carbocycles. The molecule has 0 amide bonds. The summed E-state index contributed by atoms with van der Waals surface area (Å²) in [5.74, 6) is 1.69. The third-order valence-corrected chi connectivity index (χ3v) is 5.29. The van der Waals surface area contributed by atoms with Crippen molar-refractivity contribution in [1.29, 1.82) is 5.26 Å². The van der Waals surface area contributed by atoms with Crippen LogP contribution in [0.1, 0.15) is 25.8 Å². The van der Waals surface area contributed by atoms with Crippen LogP contribution >= 0.6 is 11.8 Å². The molecule has 0 bridgehead atoms. The minimum absolute atomic E-state index is 0.0147. The van der Waals surface area contributed by atoms with E-state index in [0.717, 1.165) is 27.8 Å². The van der Waals surface area contributed by atoms with Crippen molar-refractivity contribution in [2.24, 2.45) is 5.92 Å². The monoisotopic (exact) mass is 323 g/mol. The summed E-state index contributed by atoms with van der Waals surface area (Å²) >= 11 is 1.63. The van der Waals surface area contributed by atoms with Crippen LogP contribution in [0.2, 0.25) is 0 Å². The van der Waals surface area contributed by atoms with Crippen LogP contribution in [0.15, 0.2) is 35.6 Å². The maximum atomic E-state index is 8.97. The van der Waals surface area contributed by atoms with E-state index in [1.165, 1.54) is 18.2 Å². The maximum Gasteiger partial charge on any atom is 0.191 e. The van der Waals surface area contributed by atoms with Gasteiger partial charge in [-0.1, -0.05) is 30.0 Å². The van der Waals surface area contributed by atoms with Crippen LogP contribution in [0.3, 0.4) is 0 Å². The number of thioether (sulfide) groups is 1. The Balaban J connectivity index is 1.74. The largest absolute Gasteiger partial charge is 0.360 e. The smallest absolute Gasteiger partial charge is 0.191 e. The highest BCUT2D eigenvalue weighted by Gasteiger charge is 2.31. The molecule has 1 N–H and O–H groups in total. The molecule has 0 saturated heterocycles. The van der Waals surface area contributed by atoms with Gasteiger partial charge in [0.25, 0.3) is 0 Å². The minimum atomic E-state index is 0.0147. The van der Waals surface area contributed by atoms with Crippen LogP contribution in [0.4, 0.5) is 0 Å². The second kappa shape index (κ2) is 5.74. The molecule has 6 heteroatoms. The van der Waals surface area contributed by atoms with Gasteiger partial charge in [0.2, 0.25) is 0 Å². The fourth-order valence-corrected chi connectivity index (χ4v) is 3.66. The molecule has 1 fully saturated rings. The number of hydrogen-bond acceptors (Lipinski definition) is 4. The molecule has 5 nitrogen and oxygen atoms in total. The Labute approximate surface area is 138 Å². The molecule has 3 aromatic rings. The summed E-state index contributed by atoms with van der Waals surface area (Å²) in [6, 6.07) is 11.0. The predicted octanol–water partition coefficient (Wildman–Crippen LogP) is 4.01. The molecule has 2 aromatic heterocycles. The Bertz CT molecular complexity index is 884. The Morgan fingerprint density at radius 1 is 1.39 bits per heavy atom. The number of nitriles is 1. The SMILES string of the molecule is C[C@H](C#N)CSc1nnc(-c2c[nH]c3ccccc23)n1C1CC1. The number of aromatic nitrogens is 4. The Morgan fingerprint density at radius 3 is 3.00 bits per heavy atom. The predicted molar refractivity (Wildman–Crippen MR) is 91.1 cm³/mol. The van der Waals surface area contributed by atoms with Gasteiger partial charge < -0.3 is 4.98 Å². The molecule has 4 rings (SSSR count). The van der Waals surface area contributed by atoms with Crippen molar-refractivity contribution in [3.8, 4) is 17.5 Å². The van der Waals surface area contributed by atoms with Gasteiger partial charge in [-0.05, 0) is 25.8 Å². The Kier molecular flexibility index (Phi) is 3.58. The van der Waals surface area contributed by atoms with Crippen molar-refractivity contribution in [3.05, 3.63) is 30.5 Å². The number of nitrogens with zero attached hydrogens (tertiary/aromatic N) is 4. The topological polar surface area (TPSA) is 70.3 Å². The van der Waals surface area contributed by atoms with E-state index >= 15 is 0 Å². The molecule has 0 aliphatic heterocycles. The molecule has 0 spiro atoms. The van der Waals surface area contributed by atoms with E-state index in [4.69, 9.17) is 5.26 Å². The van der Waals surface area contributed by atoms with Gasteiger partial charge in [-0.2, -0.15) is 5.26 Å². The Hall–Kier alpha value is -2.26. The molecular weight excluding hydrogens is 306 g/mol. The first kappa shape index (κ1) is 14.3. The summed E-state index contributed by atoms with van der Waals surface area (Å²) in [6.07, 6.45) is 4.36. The highest BCUT2D eigenvalue weighted by atomic mass is 32.2. The number of benzene rings is 1. The number of hydrogen-bond donors (Lipinski definition) is 1. The zero-order valence-corrected chi connectivity index (χ0v) is 13.7. The first-order valence-electron chi connectivity index (χ1n) is 7.81. The minimum Gasteiger partial charge on any atom is -0.360 e. The molecule has 1 atom stereocenters. The van der Waals surface area contributed by atoms with E-state index in [9.17, 15) is 0 Å². The van der Waals surface area contributed by atoms with Gasteiger partial charge in [-0.15, -0.1) is 10.2 Å². The van der Waals surface area contributed by atoms with Gasteiger partial charge in [-0.3, -0.25) is 4.57 Å². The van der Waals surface area contributed by atoms with Gasteiger partial charge in [0.1, 0.15) is 0 Å². The van der Waals surface area contributed by atoms with Gasteiger partial charge >= 0.3 is 0 Å². The average molecular weight is 323 g/mol. The van der Waals surface area contributed by atoms with Crippen LogP contribution in [-0.4, -0.2) is 25.5 Å². The number of rotatable bonds is 5. The fourth-order valence-electron chi connectivity index (χ4n) is 2.71. The highest BCUT2D eigenvalue weighted by molar-refractivity contribution is 7.99. The van der Waals surface area contributed by atoms with Crippen molar-refractivity contribution in [1.82, 2.24) is 19.7 Å². The Morgan fingerprint density at radius 2 is 2.22 bits per heavy atom. The first-order chi connectivity index (χ1) is 11.3. The molecule has 0 radical (unpaired) electrons. The van der Waals surface area contributed by atoms with E-state index in [1.807, 2.05) is 25.3 Å². The van der Waals surface area contributed by atoms with E-state index in [-0.39, 0.29) is 5.92 Å². The fraction of sp³-hybridized carbons (Fsp3) is 0.353. The molecule has 1 saturated carbocycles. The summed E-state index contributed by atoms with van der Waals surface area (Å²) in [4.78, 5) is 3.31. The van der Waals surface area contributed by atoms with Crippen LogP contribution < -0.4 is 0 Å². The second-order valence-corrected chi connectivity index (χ2v) is 6.98. The van der Waals surface area contributed by atoms with Crippen LogP contribution in [0.5, 0.6) is 0 Å². The second-order valence-electron chi connectivity index (χ2n) is 6.00. The van der Waals surface area contributed by atoms with Crippen LogP contribution in [0, 0.1) is 17.2 Å². The average Bonchev–Trinajstić information content (AvgIpc) is 3.19. The zero-order valence-electron chi connectivity index (χ0n) is 12.9. The van der Waals surface area contributed by atoms with Crippen molar-refractivity contribution < 1.29 is 0 Å². The standard InChI is InChI=1S/C17H17N5S/c1-11(8-18)10-23-17-21-20-16(22(17)12-6-7-12)14-9-19-15-5-3-2-4-13(14)15/h2-5,9,11-12,19H,6-7,10H2,1H3/t11-/m1/s1. The summed E-state index contributed by atoms with van der Waals surface area (Å²) < 4.78 is 2.25. The number of H-pyrrole nitrogens is 1. The molecule has 23 heavy (non-hydrogen) atoms. The van der Waals surface area contributed by atoms with E-state index in [0.29, 0.717) is 6.04 Å². The van der Waals surface area contributed by atoms with Gasteiger partial charge in [0.15, 0.2) is 11.0 Å². The quantitative estimate of drug-likeness (QED) is 0.720. The first-order valence-corrected chi connectivity index (χ1v) is 8.80. The third kappa shape index (κ3) is 2.62. The van der Waals surface area contributed by atoms with Crippen molar-refractivity contribution in [2.45, 2.75) is 31.0 Å². The van der Waals surface area contributed by atoms with Gasteiger partial charge in [0, 0.05) is 34.5 Å². The third-order valence-electron chi connectivity index (χ3n) is 4.09. The van der Waals surface area contributed by atoms with Crippen LogP contribution in [0.25, 0.3) is 22.3 Å². The highest BCUT2D eigenvalue weighted by Crippen LogP contribution is 2.42. The summed E-state index contributed by atoms with van der Waals surface area (Å²) in [5.41, 5.74) is 2.21. The summed E-state index contributed by atoms with van der Waals surface area (Å²) in [5, 5.41) is 19.9. The maximum absolute atomic E-state index is 8.97. The lowest BCUT2D eigenvalue weighted by Gasteiger charge is -2.08.